The van der Waals surface area contributed by atoms with Crippen molar-refractivity contribution in [1.82, 2.24) is 9.13 Å². The molecule has 6 heteroatoms. The van der Waals surface area contributed by atoms with Crippen LogP contribution in [-0.2, 0) is 13.6 Å². The number of nitrogen functional groups attached to an aromatic ring is 1. The van der Waals surface area contributed by atoms with Crippen molar-refractivity contribution >= 4 is 11.5 Å². The van der Waals surface area contributed by atoms with Crippen molar-refractivity contribution in [1.29, 1.82) is 0 Å². The summed E-state index contributed by atoms with van der Waals surface area (Å²) in [7, 11) is 1.49. The SMILES string of the molecule is CCCCn1c(N)c(NCC(C)(C)CC)c(=O)n(C)c1=O. The Labute approximate surface area is 126 Å². The summed E-state index contributed by atoms with van der Waals surface area (Å²) in [5, 5.41) is 3.14. The number of hydrogen-bond acceptors (Lipinski definition) is 4. The van der Waals surface area contributed by atoms with Crippen LogP contribution >= 0.6 is 0 Å². The minimum atomic E-state index is -0.364. The summed E-state index contributed by atoms with van der Waals surface area (Å²) in [5.41, 5.74) is 5.72. The molecule has 0 unspecified atom stereocenters. The van der Waals surface area contributed by atoms with Gasteiger partial charge < -0.3 is 11.1 Å². The average molecular weight is 296 g/mol. The van der Waals surface area contributed by atoms with E-state index in [1.54, 1.807) is 0 Å². The third-order valence-electron chi connectivity index (χ3n) is 4.02. The molecular weight excluding hydrogens is 268 g/mol. The number of unbranched alkanes of at least 4 members (excludes halogenated alkanes) is 1. The number of aromatic nitrogens is 2. The van der Waals surface area contributed by atoms with Gasteiger partial charge in [0.05, 0.1) is 0 Å². The van der Waals surface area contributed by atoms with Crippen molar-refractivity contribution in [3.8, 4) is 0 Å². The average Bonchev–Trinajstić information content (AvgIpc) is 2.45. The Balaban J connectivity index is 3.23. The predicted molar refractivity (Wildman–Crippen MR) is 87.8 cm³/mol. The van der Waals surface area contributed by atoms with E-state index in [2.05, 4.69) is 26.1 Å². The fraction of sp³-hybridized carbons (Fsp3) is 0.733. The second kappa shape index (κ2) is 6.83. The highest BCUT2D eigenvalue weighted by atomic mass is 16.2. The molecule has 0 atom stereocenters. The van der Waals surface area contributed by atoms with E-state index < -0.39 is 0 Å². The van der Waals surface area contributed by atoms with Crippen molar-refractivity contribution < 1.29 is 0 Å². The van der Waals surface area contributed by atoms with Crippen LogP contribution in [0.3, 0.4) is 0 Å². The highest BCUT2D eigenvalue weighted by Gasteiger charge is 2.19. The van der Waals surface area contributed by atoms with Crippen molar-refractivity contribution in [2.45, 2.75) is 53.5 Å². The third kappa shape index (κ3) is 3.89. The van der Waals surface area contributed by atoms with Crippen LogP contribution in [-0.4, -0.2) is 15.7 Å². The maximum atomic E-state index is 12.2. The molecule has 6 nitrogen and oxygen atoms in total. The molecule has 0 aliphatic rings. The minimum absolute atomic E-state index is 0.0574. The lowest BCUT2D eigenvalue weighted by atomic mass is 9.90. The van der Waals surface area contributed by atoms with Gasteiger partial charge in [-0.1, -0.05) is 34.1 Å². The van der Waals surface area contributed by atoms with Gasteiger partial charge in [0.1, 0.15) is 11.5 Å². The first-order valence-electron chi connectivity index (χ1n) is 7.58. The number of rotatable bonds is 7. The highest BCUT2D eigenvalue weighted by Crippen LogP contribution is 2.21. The van der Waals surface area contributed by atoms with E-state index in [1.165, 1.54) is 11.6 Å². The lowest BCUT2D eigenvalue weighted by Crippen LogP contribution is -2.41. The Morgan fingerprint density at radius 1 is 1.24 bits per heavy atom. The lowest BCUT2D eigenvalue weighted by Gasteiger charge is -2.24. The normalized spacial score (nSPS) is 11.7. The molecule has 0 radical (unpaired) electrons. The van der Waals surface area contributed by atoms with Gasteiger partial charge in [-0.3, -0.25) is 13.9 Å². The molecule has 0 aliphatic heterocycles. The van der Waals surface area contributed by atoms with Crippen LogP contribution in [0.1, 0.15) is 47.0 Å². The van der Waals surface area contributed by atoms with E-state index in [1.807, 2.05) is 6.92 Å². The van der Waals surface area contributed by atoms with E-state index in [0.29, 0.717) is 18.8 Å². The fourth-order valence-corrected chi connectivity index (χ4v) is 1.93. The molecule has 0 saturated carbocycles. The number of anilines is 2. The Morgan fingerprint density at radius 2 is 1.86 bits per heavy atom. The van der Waals surface area contributed by atoms with Gasteiger partial charge in [0.2, 0.25) is 0 Å². The Hall–Kier alpha value is -1.72. The molecular formula is C15H28N4O2. The quantitative estimate of drug-likeness (QED) is 0.803. The largest absolute Gasteiger partial charge is 0.383 e. The van der Waals surface area contributed by atoms with Gasteiger partial charge in [-0.25, -0.2) is 4.79 Å². The van der Waals surface area contributed by atoms with Crippen LogP contribution in [0.4, 0.5) is 11.5 Å². The second-order valence-electron chi connectivity index (χ2n) is 6.28. The second-order valence-corrected chi connectivity index (χ2v) is 6.28. The summed E-state index contributed by atoms with van der Waals surface area (Å²) >= 11 is 0. The molecule has 0 spiro atoms. The Kier molecular flexibility index (Phi) is 5.63. The van der Waals surface area contributed by atoms with E-state index in [9.17, 15) is 9.59 Å². The molecule has 1 rings (SSSR count). The molecule has 0 saturated heterocycles. The zero-order valence-electron chi connectivity index (χ0n) is 13.8. The molecule has 3 N–H and O–H groups in total. The fourth-order valence-electron chi connectivity index (χ4n) is 1.93. The summed E-state index contributed by atoms with van der Waals surface area (Å²) < 4.78 is 2.60. The monoisotopic (exact) mass is 296 g/mol. The molecule has 0 fully saturated rings. The molecule has 0 amide bonds. The molecule has 1 aromatic rings. The number of nitrogens with zero attached hydrogens (tertiary/aromatic N) is 2. The maximum absolute atomic E-state index is 12.2. The summed E-state index contributed by atoms with van der Waals surface area (Å²) in [6.07, 6.45) is 2.79. The van der Waals surface area contributed by atoms with Crippen molar-refractivity contribution in [3.05, 3.63) is 20.8 Å². The van der Waals surface area contributed by atoms with Gasteiger partial charge in [-0.2, -0.15) is 0 Å². The van der Waals surface area contributed by atoms with Crippen LogP contribution in [0.2, 0.25) is 0 Å². The molecule has 1 aromatic heterocycles. The van der Waals surface area contributed by atoms with Crippen LogP contribution in [0.15, 0.2) is 9.59 Å². The van der Waals surface area contributed by atoms with Crippen LogP contribution in [0.5, 0.6) is 0 Å². The van der Waals surface area contributed by atoms with Crippen molar-refractivity contribution in [2.24, 2.45) is 12.5 Å². The van der Waals surface area contributed by atoms with E-state index in [4.69, 9.17) is 5.73 Å². The van der Waals surface area contributed by atoms with Gasteiger partial charge in [-0.05, 0) is 18.3 Å². The smallest absolute Gasteiger partial charge is 0.332 e. The number of hydrogen-bond donors (Lipinski definition) is 2. The van der Waals surface area contributed by atoms with Gasteiger partial charge >= 0.3 is 5.69 Å². The van der Waals surface area contributed by atoms with Crippen LogP contribution in [0, 0.1) is 5.41 Å². The van der Waals surface area contributed by atoms with Gasteiger partial charge in [0.25, 0.3) is 5.56 Å². The maximum Gasteiger partial charge on any atom is 0.332 e. The van der Waals surface area contributed by atoms with Gasteiger partial charge in [-0.15, -0.1) is 0 Å². The first kappa shape index (κ1) is 17.3. The Morgan fingerprint density at radius 3 is 2.38 bits per heavy atom. The van der Waals surface area contributed by atoms with Crippen LogP contribution in [0.25, 0.3) is 0 Å². The number of nitrogens with two attached hydrogens (primary N) is 1. The van der Waals surface area contributed by atoms with E-state index in [0.717, 1.165) is 23.8 Å². The summed E-state index contributed by atoms with van der Waals surface area (Å²) in [5.74, 6) is 0.239. The Bertz CT molecular complexity index is 599. The molecule has 120 valence electrons. The highest BCUT2D eigenvalue weighted by molar-refractivity contribution is 5.60. The molecule has 1 heterocycles. The zero-order chi connectivity index (χ0) is 16.2. The minimum Gasteiger partial charge on any atom is -0.383 e. The predicted octanol–water partition coefficient (Wildman–Crippen LogP) is 1.78. The summed E-state index contributed by atoms with van der Waals surface area (Å²) in [6, 6.07) is 0. The van der Waals surface area contributed by atoms with Crippen molar-refractivity contribution in [2.75, 3.05) is 17.6 Å². The van der Waals surface area contributed by atoms with Gasteiger partial charge in [0.15, 0.2) is 0 Å². The lowest BCUT2D eigenvalue weighted by molar-refractivity contribution is 0.376. The zero-order valence-corrected chi connectivity index (χ0v) is 13.8. The van der Waals surface area contributed by atoms with Crippen molar-refractivity contribution in [3.63, 3.8) is 0 Å². The summed E-state index contributed by atoms with van der Waals surface area (Å²) in [6.45, 7) is 9.55. The van der Waals surface area contributed by atoms with E-state index >= 15 is 0 Å². The molecule has 21 heavy (non-hydrogen) atoms. The standard InChI is InChI=1S/C15H28N4O2/c1-6-8-9-19-12(16)11(13(20)18(5)14(19)21)17-10-15(3,4)7-2/h17H,6-10,16H2,1-5H3. The van der Waals surface area contributed by atoms with E-state index in [-0.39, 0.29) is 22.5 Å². The molecule has 0 bridgehead atoms. The first-order valence-corrected chi connectivity index (χ1v) is 7.58. The number of nitrogens with one attached hydrogen (secondary N) is 1. The molecule has 0 aromatic carbocycles. The molecule has 0 aliphatic carbocycles. The van der Waals surface area contributed by atoms with Crippen LogP contribution < -0.4 is 22.3 Å². The topological polar surface area (TPSA) is 82.0 Å². The first-order chi connectivity index (χ1) is 9.75. The van der Waals surface area contributed by atoms with Gasteiger partial charge in [0, 0.05) is 20.1 Å². The third-order valence-corrected chi connectivity index (χ3v) is 4.02. The summed E-state index contributed by atoms with van der Waals surface area (Å²) in [4.78, 5) is 24.4.